The Labute approximate surface area is 135 Å². The molecule has 22 heavy (non-hydrogen) atoms. The highest BCUT2D eigenvalue weighted by atomic mass is 35.5. The molecule has 0 bridgehead atoms. The van der Waals surface area contributed by atoms with Gasteiger partial charge in [0.05, 0.1) is 5.56 Å². The lowest BCUT2D eigenvalue weighted by Crippen LogP contribution is -2.08. The van der Waals surface area contributed by atoms with E-state index in [9.17, 15) is 4.79 Å². The fourth-order valence-corrected chi connectivity index (χ4v) is 2.33. The molecule has 0 aliphatic carbocycles. The van der Waals surface area contributed by atoms with Crippen LogP contribution < -0.4 is 4.74 Å². The van der Waals surface area contributed by atoms with Crippen molar-refractivity contribution in [3.8, 4) is 17.2 Å². The van der Waals surface area contributed by atoms with E-state index in [1.54, 1.807) is 30.3 Å². The van der Waals surface area contributed by atoms with Gasteiger partial charge in [0.1, 0.15) is 5.75 Å². The minimum Gasteiger partial charge on any atom is -0.423 e. The molecule has 7 heteroatoms. The molecule has 2 aromatic carbocycles. The highest BCUT2D eigenvalue weighted by Gasteiger charge is 2.11. The molecule has 1 aromatic heterocycles. The van der Waals surface area contributed by atoms with E-state index in [1.807, 2.05) is 0 Å². The van der Waals surface area contributed by atoms with Crippen molar-refractivity contribution in [2.75, 3.05) is 0 Å². The standard InChI is InChI=1S/C15H8Cl2N2O3/c16-11-5-10(6-12(17)7-11)15(20)22-13-3-1-9(2-4-13)14-19-18-8-21-14/h1-8H. The van der Waals surface area contributed by atoms with Crippen LogP contribution in [0.5, 0.6) is 5.75 Å². The lowest BCUT2D eigenvalue weighted by molar-refractivity contribution is 0.0735. The molecule has 0 radical (unpaired) electrons. The van der Waals surface area contributed by atoms with Gasteiger partial charge in [-0.15, -0.1) is 10.2 Å². The molecule has 0 saturated carbocycles. The van der Waals surface area contributed by atoms with Crippen LogP contribution in [0.1, 0.15) is 10.4 Å². The number of esters is 1. The third-order valence-corrected chi connectivity index (χ3v) is 3.21. The molecule has 0 spiro atoms. The number of carbonyl (C=O) groups excluding carboxylic acids is 1. The Hall–Kier alpha value is -2.37. The first-order valence-corrected chi connectivity index (χ1v) is 6.92. The SMILES string of the molecule is O=C(Oc1ccc(-c2nnco2)cc1)c1cc(Cl)cc(Cl)c1. The molecular weight excluding hydrogens is 327 g/mol. The van der Waals surface area contributed by atoms with Crippen molar-refractivity contribution in [3.05, 3.63) is 64.5 Å². The molecule has 0 aliphatic heterocycles. The van der Waals surface area contributed by atoms with E-state index in [2.05, 4.69) is 10.2 Å². The first kappa shape index (κ1) is 14.6. The van der Waals surface area contributed by atoms with E-state index in [1.165, 1.54) is 18.5 Å². The van der Waals surface area contributed by atoms with Crippen LogP contribution in [0.3, 0.4) is 0 Å². The van der Waals surface area contributed by atoms with Crippen LogP contribution in [-0.4, -0.2) is 16.2 Å². The summed E-state index contributed by atoms with van der Waals surface area (Å²) in [5.74, 6) is 0.221. The number of benzene rings is 2. The molecule has 1 heterocycles. The van der Waals surface area contributed by atoms with Gasteiger partial charge < -0.3 is 9.15 Å². The van der Waals surface area contributed by atoms with Crippen LogP contribution in [0.15, 0.2) is 53.3 Å². The number of nitrogens with zero attached hydrogens (tertiary/aromatic N) is 2. The summed E-state index contributed by atoms with van der Waals surface area (Å²) in [5, 5.41) is 8.12. The van der Waals surface area contributed by atoms with Crippen molar-refractivity contribution in [3.63, 3.8) is 0 Å². The van der Waals surface area contributed by atoms with Gasteiger partial charge in [-0.1, -0.05) is 23.2 Å². The Kier molecular flexibility index (Phi) is 4.09. The van der Waals surface area contributed by atoms with Crippen molar-refractivity contribution in [2.45, 2.75) is 0 Å². The quantitative estimate of drug-likeness (QED) is 0.528. The van der Waals surface area contributed by atoms with E-state index in [0.29, 0.717) is 21.7 Å². The number of hydrogen-bond donors (Lipinski definition) is 0. The number of aromatic nitrogens is 2. The van der Waals surface area contributed by atoms with Gasteiger partial charge in [0.25, 0.3) is 0 Å². The summed E-state index contributed by atoms with van der Waals surface area (Å²) in [5.41, 5.74) is 1.00. The van der Waals surface area contributed by atoms with Crippen molar-refractivity contribution < 1.29 is 13.9 Å². The molecule has 3 rings (SSSR count). The first-order valence-electron chi connectivity index (χ1n) is 6.17. The highest BCUT2D eigenvalue weighted by Crippen LogP contribution is 2.23. The van der Waals surface area contributed by atoms with E-state index in [4.69, 9.17) is 32.4 Å². The molecule has 0 amide bonds. The first-order chi connectivity index (χ1) is 10.6. The predicted octanol–water partition coefficient (Wildman–Crippen LogP) is 4.26. The maximum atomic E-state index is 12.1. The number of rotatable bonds is 3. The zero-order chi connectivity index (χ0) is 15.5. The van der Waals surface area contributed by atoms with Crippen molar-refractivity contribution in [1.82, 2.24) is 10.2 Å². The largest absolute Gasteiger partial charge is 0.423 e. The Balaban J connectivity index is 1.76. The molecule has 110 valence electrons. The summed E-state index contributed by atoms with van der Waals surface area (Å²) in [4.78, 5) is 12.1. The Bertz CT molecular complexity index is 782. The summed E-state index contributed by atoms with van der Waals surface area (Å²) in [6.07, 6.45) is 1.24. The van der Waals surface area contributed by atoms with Crippen LogP contribution in [0.4, 0.5) is 0 Å². The molecule has 5 nitrogen and oxygen atoms in total. The van der Waals surface area contributed by atoms with Crippen molar-refractivity contribution in [1.29, 1.82) is 0 Å². The van der Waals surface area contributed by atoms with Gasteiger partial charge in [0, 0.05) is 15.6 Å². The second-order valence-corrected chi connectivity index (χ2v) is 5.19. The van der Waals surface area contributed by atoms with Crippen LogP contribution >= 0.6 is 23.2 Å². The van der Waals surface area contributed by atoms with E-state index >= 15 is 0 Å². The highest BCUT2D eigenvalue weighted by molar-refractivity contribution is 6.35. The Morgan fingerprint density at radius 3 is 2.32 bits per heavy atom. The summed E-state index contributed by atoms with van der Waals surface area (Å²) in [6, 6.07) is 11.2. The molecular formula is C15H8Cl2N2O3. The lowest BCUT2D eigenvalue weighted by atomic mass is 10.2. The van der Waals surface area contributed by atoms with Gasteiger partial charge in [-0.3, -0.25) is 0 Å². The minimum atomic E-state index is -0.546. The van der Waals surface area contributed by atoms with Gasteiger partial charge in [-0.25, -0.2) is 4.79 Å². The number of hydrogen-bond acceptors (Lipinski definition) is 5. The van der Waals surface area contributed by atoms with Crippen LogP contribution in [0.25, 0.3) is 11.5 Å². The van der Waals surface area contributed by atoms with Crippen LogP contribution in [0, 0.1) is 0 Å². The number of halogens is 2. The van der Waals surface area contributed by atoms with Gasteiger partial charge >= 0.3 is 5.97 Å². The molecule has 0 atom stereocenters. The maximum Gasteiger partial charge on any atom is 0.343 e. The maximum absolute atomic E-state index is 12.1. The Morgan fingerprint density at radius 2 is 1.73 bits per heavy atom. The fourth-order valence-electron chi connectivity index (χ4n) is 1.80. The monoisotopic (exact) mass is 334 g/mol. The van der Waals surface area contributed by atoms with Gasteiger partial charge in [-0.2, -0.15) is 0 Å². The van der Waals surface area contributed by atoms with E-state index in [-0.39, 0.29) is 5.56 Å². The van der Waals surface area contributed by atoms with Crippen molar-refractivity contribution >= 4 is 29.2 Å². The zero-order valence-electron chi connectivity index (χ0n) is 11.0. The number of carbonyl (C=O) groups is 1. The zero-order valence-corrected chi connectivity index (χ0v) is 12.5. The molecule has 0 N–H and O–H groups in total. The molecule has 0 unspecified atom stereocenters. The van der Waals surface area contributed by atoms with Crippen molar-refractivity contribution in [2.24, 2.45) is 0 Å². The number of ether oxygens (including phenoxy) is 1. The molecule has 0 fully saturated rings. The summed E-state index contributed by atoms with van der Waals surface area (Å²) >= 11 is 11.7. The summed E-state index contributed by atoms with van der Waals surface area (Å²) in [6.45, 7) is 0. The third kappa shape index (κ3) is 3.27. The average Bonchev–Trinajstić information content (AvgIpc) is 3.01. The smallest absolute Gasteiger partial charge is 0.343 e. The predicted molar refractivity (Wildman–Crippen MR) is 81.2 cm³/mol. The average molecular weight is 335 g/mol. The summed E-state index contributed by atoms with van der Waals surface area (Å²) < 4.78 is 10.3. The van der Waals surface area contributed by atoms with Crippen LogP contribution in [0.2, 0.25) is 10.0 Å². The molecule has 3 aromatic rings. The fraction of sp³-hybridized carbons (Fsp3) is 0. The third-order valence-electron chi connectivity index (χ3n) is 2.77. The second-order valence-electron chi connectivity index (χ2n) is 4.32. The Morgan fingerprint density at radius 1 is 1.05 bits per heavy atom. The molecule has 0 aliphatic rings. The topological polar surface area (TPSA) is 65.2 Å². The summed E-state index contributed by atoms with van der Waals surface area (Å²) in [7, 11) is 0. The lowest BCUT2D eigenvalue weighted by Gasteiger charge is -2.05. The minimum absolute atomic E-state index is 0.276. The normalized spacial score (nSPS) is 10.5. The van der Waals surface area contributed by atoms with Gasteiger partial charge in [0.2, 0.25) is 12.3 Å². The molecule has 0 saturated heterocycles. The van der Waals surface area contributed by atoms with Gasteiger partial charge in [-0.05, 0) is 42.5 Å². The second kappa shape index (κ2) is 6.17. The van der Waals surface area contributed by atoms with Gasteiger partial charge in [0.15, 0.2) is 0 Å². The van der Waals surface area contributed by atoms with E-state index < -0.39 is 5.97 Å². The van der Waals surface area contributed by atoms with E-state index in [0.717, 1.165) is 5.56 Å². The van der Waals surface area contributed by atoms with Crippen LogP contribution in [-0.2, 0) is 0 Å².